The molecule has 1 aliphatic rings. The molecule has 112 valence electrons. The van der Waals surface area contributed by atoms with Gasteiger partial charge in [-0.3, -0.25) is 19.7 Å². The van der Waals surface area contributed by atoms with Gasteiger partial charge in [0, 0.05) is 0 Å². The lowest BCUT2D eigenvalue weighted by Gasteiger charge is -2.36. The number of amides is 2. The van der Waals surface area contributed by atoms with Gasteiger partial charge >= 0.3 is 0 Å². The molecule has 0 aliphatic carbocycles. The number of ether oxygens (including phenoxy) is 1. The molecule has 1 aromatic carbocycles. The number of carbonyl (C=O) groups excluding carboxylic acids is 3. The van der Waals surface area contributed by atoms with Gasteiger partial charge in [0.25, 0.3) is 0 Å². The van der Waals surface area contributed by atoms with E-state index >= 15 is 0 Å². The van der Waals surface area contributed by atoms with Gasteiger partial charge in [-0.2, -0.15) is 0 Å². The Morgan fingerprint density at radius 1 is 1.43 bits per heavy atom. The predicted octanol–water partition coefficient (Wildman–Crippen LogP) is 1.14. The number of nitrogens with one attached hydrogen (secondary N) is 1. The van der Waals surface area contributed by atoms with Crippen LogP contribution in [0.25, 0.3) is 0 Å². The Kier molecular flexibility index (Phi) is 4.26. The van der Waals surface area contributed by atoms with Gasteiger partial charge in [0.05, 0.1) is 24.9 Å². The number of nitrogens with zero attached hydrogens (tertiary/aromatic N) is 1. The van der Waals surface area contributed by atoms with Crippen molar-refractivity contribution in [1.82, 2.24) is 5.32 Å². The lowest BCUT2D eigenvalue weighted by Crippen LogP contribution is -2.58. The average molecular weight is 290 g/mol. The zero-order chi connectivity index (χ0) is 15.6. The number of imide groups is 1. The molecule has 0 saturated carbocycles. The van der Waals surface area contributed by atoms with E-state index in [1.807, 2.05) is 6.92 Å². The molecular formula is C15H18N2O4. The zero-order valence-electron chi connectivity index (χ0n) is 12.3. The van der Waals surface area contributed by atoms with E-state index < -0.39 is 6.04 Å². The summed E-state index contributed by atoms with van der Waals surface area (Å²) in [7, 11) is 1.48. The third-order valence-electron chi connectivity index (χ3n) is 3.53. The van der Waals surface area contributed by atoms with Crippen LogP contribution >= 0.6 is 0 Å². The summed E-state index contributed by atoms with van der Waals surface area (Å²) in [5, 5.41) is 2.32. The Morgan fingerprint density at radius 3 is 2.71 bits per heavy atom. The second-order valence-electron chi connectivity index (χ2n) is 4.87. The summed E-state index contributed by atoms with van der Waals surface area (Å²) in [5.74, 6) is -0.447. The highest BCUT2D eigenvalue weighted by molar-refractivity contribution is 6.08. The van der Waals surface area contributed by atoms with E-state index in [4.69, 9.17) is 4.74 Å². The van der Waals surface area contributed by atoms with Crippen LogP contribution in [0.3, 0.4) is 0 Å². The minimum absolute atomic E-state index is 0.0394. The van der Waals surface area contributed by atoms with Crippen molar-refractivity contribution in [3.8, 4) is 5.75 Å². The Labute approximate surface area is 123 Å². The number of piperazine rings is 1. The highest BCUT2D eigenvalue weighted by Crippen LogP contribution is 2.32. The first-order valence-corrected chi connectivity index (χ1v) is 6.77. The molecule has 6 heteroatoms. The molecule has 1 aromatic rings. The fourth-order valence-corrected chi connectivity index (χ4v) is 2.61. The minimum Gasteiger partial charge on any atom is -0.496 e. The molecule has 1 atom stereocenters. The molecule has 2 amide bonds. The molecule has 0 aromatic heterocycles. The number of methoxy groups -OCH3 is 1. The zero-order valence-corrected chi connectivity index (χ0v) is 12.3. The Morgan fingerprint density at radius 2 is 2.14 bits per heavy atom. The van der Waals surface area contributed by atoms with Crippen LogP contribution in [0.15, 0.2) is 18.2 Å². The Balaban J connectivity index is 2.55. The van der Waals surface area contributed by atoms with E-state index in [0.717, 1.165) is 0 Å². The molecule has 0 spiro atoms. The largest absolute Gasteiger partial charge is 0.496 e. The number of Topliss-reactive ketones (excluding diaryl/α,β-unsaturated/α-hetero) is 1. The number of ketones is 1. The van der Waals surface area contributed by atoms with Crippen molar-refractivity contribution < 1.29 is 19.1 Å². The molecule has 0 bridgehead atoms. The molecule has 1 saturated heterocycles. The first-order chi connectivity index (χ1) is 9.99. The maximum absolute atomic E-state index is 12.0. The lowest BCUT2D eigenvalue weighted by atomic mass is 10.0. The van der Waals surface area contributed by atoms with E-state index in [-0.39, 0.29) is 24.1 Å². The van der Waals surface area contributed by atoms with Gasteiger partial charge in [0.15, 0.2) is 5.78 Å². The van der Waals surface area contributed by atoms with E-state index in [1.165, 1.54) is 14.0 Å². The number of hydrogen-bond acceptors (Lipinski definition) is 5. The van der Waals surface area contributed by atoms with Gasteiger partial charge in [-0.25, -0.2) is 0 Å². The van der Waals surface area contributed by atoms with Crippen molar-refractivity contribution in [2.24, 2.45) is 0 Å². The van der Waals surface area contributed by atoms with Crippen LogP contribution in [0.2, 0.25) is 0 Å². The normalized spacial score (nSPS) is 18.4. The first kappa shape index (κ1) is 15.0. The molecule has 2 rings (SSSR count). The summed E-state index contributed by atoms with van der Waals surface area (Å²) in [6.07, 6.45) is 0.535. The minimum atomic E-state index is -0.479. The van der Waals surface area contributed by atoms with Crippen LogP contribution in [0.1, 0.15) is 30.6 Å². The Hall–Kier alpha value is -2.37. The van der Waals surface area contributed by atoms with E-state index in [9.17, 15) is 14.4 Å². The first-order valence-electron chi connectivity index (χ1n) is 6.77. The highest BCUT2D eigenvalue weighted by atomic mass is 16.5. The number of carbonyl (C=O) groups is 3. The third-order valence-corrected chi connectivity index (χ3v) is 3.53. The Bertz CT molecular complexity index is 597. The molecule has 1 aliphatic heterocycles. The SMILES string of the molecule is CCC1C(=O)NC(=O)CN1c1cccc(OC)c1C(C)=O. The van der Waals surface area contributed by atoms with Crippen molar-refractivity contribution in [3.05, 3.63) is 23.8 Å². The molecule has 1 fully saturated rings. The standard InChI is InChI=1S/C15H18N2O4/c1-4-10-15(20)16-13(19)8-17(10)11-6-5-7-12(21-3)14(11)9(2)18/h5-7,10H,4,8H2,1-3H3,(H,16,19,20). The molecular weight excluding hydrogens is 272 g/mol. The summed E-state index contributed by atoms with van der Waals surface area (Å²) >= 11 is 0. The fourth-order valence-electron chi connectivity index (χ4n) is 2.61. The maximum Gasteiger partial charge on any atom is 0.249 e. The number of anilines is 1. The second-order valence-corrected chi connectivity index (χ2v) is 4.87. The van der Waals surface area contributed by atoms with Crippen LogP contribution in [0.5, 0.6) is 5.75 Å². The summed E-state index contributed by atoms with van der Waals surface area (Å²) in [6, 6.07) is 4.68. The van der Waals surface area contributed by atoms with Crippen molar-refractivity contribution >= 4 is 23.3 Å². The van der Waals surface area contributed by atoms with Crippen molar-refractivity contribution in [2.75, 3.05) is 18.6 Å². The van der Waals surface area contributed by atoms with Gasteiger partial charge in [-0.05, 0) is 25.5 Å². The molecule has 6 nitrogen and oxygen atoms in total. The highest BCUT2D eigenvalue weighted by Gasteiger charge is 2.34. The average Bonchev–Trinajstić information content (AvgIpc) is 2.45. The van der Waals surface area contributed by atoms with Crippen LogP contribution < -0.4 is 15.0 Å². The van der Waals surface area contributed by atoms with Gasteiger partial charge in [0.1, 0.15) is 11.8 Å². The molecule has 0 radical (unpaired) electrons. The van der Waals surface area contributed by atoms with E-state index in [0.29, 0.717) is 23.4 Å². The maximum atomic E-state index is 12.0. The topological polar surface area (TPSA) is 75.7 Å². The van der Waals surface area contributed by atoms with Crippen LogP contribution in [0, 0.1) is 0 Å². The van der Waals surface area contributed by atoms with Crippen molar-refractivity contribution in [3.63, 3.8) is 0 Å². The molecule has 21 heavy (non-hydrogen) atoms. The summed E-state index contributed by atoms with van der Waals surface area (Å²) in [5.41, 5.74) is 0.942. The third kappa shape index (κ3) is 2.74. The number of rotatable bonds is 4. The van der Waals surface area contributed by atoms with Crippen molar-refractivity contribution in [1.29, 1.82) is 0 Å². The molecule has 1 heterocycles. The summed E-state index contributed by atoms with van der Waals surface area (Å²) < 4.78 is 5.23. The van der Waals surface area contributed by atoms with Gasteiger partial charge < -0.3 is 9.64 Å². The van der Waals surface area contributed by atoms with Crippen LogP contribution in [-0.2, 0) is 9.59 Å². The smallest absolute Gasteiger partial charge is 0.249 e. The summed E-state index contributed by atoms with van der Waals surface area (Å²) in [4.78, 5) is 37.3. The second kappa shape index (κ2) is 5.95. The van der Waals surface area contributed by atoms with Crippen LogP contribution in [-0.4, -0.2) is 37.3 Å². The molecule has 1 unspecified atom stereocenters. The van der Waals surface area contributed by atoms with E-state index in [2.05, 4.69) is 5.32 Å². The number of benzene rings is 1. The summed E-state index contributed by atoms with van der Waals surface area (Å²) in [6.45, 7) is 3.34. The number of hydrogen-bond donors (Lipinski definition) is 1. The quantitative estimate of drug-likeness (QED) is 0.665. The van der Waals surface area contributed by atoms with Gasteiger partial charge in [-0.1, -0.05) is 13.0 Å². The molecule has 1 N–H and O–H groups in total. The lowest BCUT2D eigenvalue weighted by molar-refractivity contribution is -0.132. The van der Waals surface area contributed by atoms with Gasteiger partial charge in [0.2, 0.25) is 11.8 Å². The predicted molar refractivity (Wildman–Crippen MR) is 77.6 cm³/mol. The van der Waals surface area contributed by atoms with Gasteiger partial charge in [-0.15, -0.1) is 0 Å². The van der Waals surface area contributed by atoms with Crippen LogP contribution in [0.4, 0.5) is 5.69 Å². The monoisotopic (exact) mass is 290 g/mol. The van der Waals surface area contributed by atoms with Crippen molar-refractivity contribution in [2.45, 2.75) is 26.3 Å². The fraction of sp³-hybridized carbons (Fsp3) is 0.400. The van der Waals surface area contributed by atoms with E-state index in [1.54, 1.807) is 23.1 Å².